The second kappa shape index (κ2) is 8.87. The molecule has 1 heterocycles. The Labute approximate surface area is 212 Å². The van der Waals surface area contributed by atoms with E-state index in [2.05, 4.69) is 5.32 Å². The number of rotatable bonds is 4. The summed E-state index contributed by atoms with van der Waals surface area (Å²) < 4.78 is 5.49. The predicted octanol–water partition coefficient (Wildman–Crippen LogP) is 4.64. The van der Waals surface area contributed by atoms with Gasteiger partial charge in [-0.15, -0.1) is 0 Å². The standard InChI is InChI=1S/C30H20N2O5/c33-26-17-37-25-11-4-3-10-24(25)32(26)16-18-12-14-19(15-13-18)30(36)31-23-9-5-8-22-27(23)29(35)21-7-2-1-6-20(21)28(22)34/h1-15H,16-17H2,(H,31,36). The third-order valence-electron chi connectivity index (χ3n) is 6.57. The molecule has 1 aliphatic heterocycles. The lowest BCUT2D eigenvalue weighted by atomic mass is 9.83. The van der Waals surface area contributed by atoms with E-state index in [-0.39, 0.29) is 40.9 Å². The van der Waals surface area contributed by atoms with Gasteiger partial charge in [0.25, 0.3) is 11.8 Å². The highest BCUT2D eigenvalue weighted by Gasteiger charge is 2.32. The largest absolute Gasteiger partial charge is 0.482 e. The number of carbonyl (C=O) groups excluding carboxylic acids is 4. The highest BCUT2D eigenvalue weighted by atomic mass is 16.5. The van der Waals surface area contributed by atoms with Crippen LogP contribution in [0.25, 0.3) is 0 Å². The fraction of sp³-hybridized carbons (Fsp3) is 0.0667. The minimum absolute atomic E-state index is 0.0232. The van der Waals surface area contributed by atoms with Crippen LogP contribution in [0.1, 0.15) is 47.8 Å². The molecule has 0 bridgehead atoms. The number of ether oxygens (including phenoxy) is 1. The van der Waals surface area contributed by atoms with Crippen molar-refractivity contribution in [2.24, 2.45) is 0 Å². The van der Waals surface area contributed by atoms with Gasteiger partial charge in [-0.3, -0.25) is 19.2 Å². The number of fused-ring (bicyclic) bond motifs is 3. The van der Waals surface area contributed by atoms with Gasteiger partial charge in [0.2, 0.25) is 0 Å². The Kier molecular flexibility index (Phi) is 5.38. The van der Waals surface area contributed by atoms with E-state index in [1.807, 2.05) is 24.3 Å². The summed E-state index contributed by atoms with van der Waals surface area (Å²) in [6.07, 6.45) is 0. The molecule has 2 aliphatic rings. The van der Waals surface area contributed by atoms with Crippen LogP contribution >= 0.6 is 0 Å². The second-order valence-electron chi connectivity index (χ2n) is 8.82. The number of benzene rings is 4. The number of hydrogen-bond acceptors (Lipinski definition) is 5. The molecule has 7 heteroatoms. The Balaban J connectivity index is 1.23. The monoisotopic (exact) mass is 488 g/mol. The number of nitrogens with zero attached hydrogens (tertiary/aromatic N) is 1. The van der Waals surface area contributed by atoms with Gasteiger partial charge < -0.3 is 15.0 Å². The highest BCUT2D eigenvalue weighted by molar-refractivity contribution is 6.30. The molecule has 7 nitrogen and oxygen atoms in total. The van der Waals surface area contributed by atoms with Gasteiger partial charge in [0.05, 0.1) is 23.5 Å². The minimum Gasteiger partial charge on any atom is -0.482 e. The number of carbonyl (C=O) groups is 4. The van der Waals surface area contributed by atoms with E-state index in [0.29, 0.717) is 34.7 Å². The first-order valence-electron chi connectivity index (χ1n) is 11.7. The number of hydrogen-bond donors (Lipinski definition) is 1. The first-order chi connectivity index (χ1) is 18.0. The normalized spacial score (nSPS) is 13.8. The zero-order valence-electron chi connectivity index (χ0n) is 19.6. The van der Waals surface area contributed by atoms with E-state index in [0.717, 1.165) is 5.56 Å². The molecular formula is C30H20N2O5. The van der Waals surface area contributed by atoms with Crippen LogP contribution in [0, 0.1) is 0 Å². The first kappa shape index (κ1) is 22.4. The summed E-state index contributed by atoms with van der Waals surface area (Å²) in [7, 11) is 0. The van der Waals surface area contributed by atoms with Gasteiger partial charge in [-0.05, 0) is 35.9 Å². The molecule has 0 radical (unpaired) electrons. The zero-order chi connectivity index (χ0) is 25.5. The Morgan fingerprint density at radius 3 is 2.22 bits per heavy atom. The molecule has 0 unspecified atom stereocenters. The SMILES string of the molecule is O=C(Nc1cccc2c1C(=O)c1ccccc1C2=O)c1ccc(CN2C(=O)COc3ccccc32)cc1. The molecule has 0 spiro atoms. The maximum Gasteiger partial charge on any atom is 0.265 e. The fourth-order valence-electron chi connectivity index (χ4n) is 4.72. The molecule has 0 saturated heterocycles. The summed E-state index contributed by atoms with van der Waals surface area (Å²) in [6.45, 7) is 0.313. The van der Waals surface area contributed by atoms with Crippen LogP contribution in [0.5, 0.6) is 5.75 Å². The van der Waals surface area contributed by atoms with Crippen LogP contribution in [-0.2, 0) is 11.3 Å². The highest BCUT2D eigenvalue weighted by Crippen LogP contribution is 2.33. The van der Waals surface area contributed by atoms with Gasteiger partial charge in [0, 0.05) is 22.3 Å². The number of anilines is 2. The predicted molar refractivity (Wildman–Crippen MR) is 137 cm³/mol. The van der Waals surface area contributed by atoms with Gasteiger partial charge in [0.1, 0.15) is 5.75 Å². The molecule has 4 aromatic rings. The van der Waals surface area contributed by atoms with Crippen molar-refractivity contribution in [3.63, 3.8) is 0 Å². The smallest absolute Gasteiger partial charge is 0.265 e. The Hall–Kier alpha value is -5.04. The molecule has 0 fully saturated rings. The lowest BCUT2D eigenvalue weighted by molar-refractivity contribution is -0.121. The molecule has 1 aliphatic carbocycles. The van der Waals surface area contributed by atoms with Crippen LogP contribution in [-0.4, -0.2) is 30.0 Å². The maximum absolute atomic E-state index is 13.2. The van der Waals surface area contributed by atoms with Crippen molar-refractivity contribution in [2.45, 2.75) is 6.54 Å². The third-order valence-corrected chi connectivity index (χ3v) is 6.57. The van der Waals surface area contributed by atoms with Crippen LogP contribution in [0.4, 0.5) is 11.4 Å². The van der Waals surface area contributed by atoms with E-state index in [4.69, 9.17) is 4.74 Å². The average molecular weight is 488 g/mol. The Morgan fingerprint density at radius 1 is 0.757 bits per heavy atom. The molecule has 180 valence electrons. The average Bonchev–Trinajstić information content (AvgIpc) is 2.93. The van der Waals surface area contributed by atoms with E-state index in [1.165, 1.54) is 0 Å². The summed E-state index contributed by atoms with van der Waals surface area (Å²) in [5.74, 6) is -0.446. The van der Waals surface area contributed by atoms with Crippen LogP contribution in [0.3, 0.4) is 0 Å². The van der Waals surface area contributed by atoms with Gasteiger partial charge in [-0.1, -0.05) is 60.7 Å². The maximum atomic E-state index is 13.2. The van der Waals surface area contributed by atoms with Crippen molar-refractivity contribution in [2.75, 3.05) is 16.8 Å². The van der Waals surface area contributed by atoms with Gasteiger partial charge in [0.15, 0.2) is 18.2 Å². The second-order valence-corrected chi connectivity index (χ2v) is 8.82. The summed E-state index contributed by atoms with van der Waals surface area (Å²) in [5.41, 5.74) is 3.37. The molecule has 0 aromatic heterocycles. The molecule has 2 amide bonds. The van der Waals surface area contributed by atoms with Gasteiger partial charge >= 0.3 is 0 Å². The van der Waals surface area contributed by atoms with Crippen molar-refractivity contribution in [3.8, 4) is 5.75 Å². The van der Waals surface area contributed by atoms with E-state index >= 15 is 0 Å². The number of amides is 2. The van der Waals surface area contributed by atoms with Gasteiger partial charge in [-0.25, -0.2) is 0 Å². The van der Waals surface area contributed by atoms with E-state index in [1.54, 1.807) is 71.6 Å². The van der Waals surface area contributed by atoms with E-state index in [9.17, 15) is 19.2 Å². The molecule has 37 heavy (non-hydrogen) atoms. The van der Waals surface area contributed by atoms with Crippen molar-refractivity contribution in [3.05, 3.63) is 124 Å². The zero-order valence-corrected chi connectivity index (χ0v) is 19.6. The summed E-state index contributed by atoms with van der Waals surface area (Å²) in [4.78, 5) is 53.3. The van der Waals surface area contributed by atoms with Crippen molar-refractivity contribution < 1.29 is 23.9 Å². The van der Waals surface area contributed by atoms with Gasteiger partial charge in [-0.2, -0.15) is 0 Å². The van der Waals surface area contributed by atoms with Crippen molar-refractivity contribution in [1.29, 1.82) is 0 Å². The van der Waals surface area contributed by atoms with Crippen molar-refractivity contribution >= 4 is 34.8 Å². The van der Waals surface area contributed by atoms with Crippen LogP contribution < -0.4 is 15.0 Å². The molecule has 6 rings (SSSR count). The number of nitrogens with one attached hydrogen (secondary N) is 1. The summed E-state index contributed by atoms with van der Waals surface area (Å²) in [5, 5.41) is 2.80. The molecule has 1 N–H and O–H groups in total. The topological polar surface area (TPSA) is 92.8 Å². The molecule has 4 aromatic carbocycles. The molecule has 0 saturated carbocycles. The number of para-hydroxylation sites is 2. The first-order valence-corrected chi connectivity index (χ1v) is 11.7. The summed E-state index contributed by atoms with van der Waals surface area (Å²) >= 11 is 0. The molecular weight excluding hydrogens is 468 g/mol. The molecule has 0 atom stereocenters. The third kappa shape index (κ3) is 3.87. The Bertz CT molecular complexity index is 1610. The lowest BCUT2D eigenvalue weighted by Crippen LogP contribution is -2.38. The van der Waals surface area contributed by atoms with Crippen LogP contribution in [0.2, 0.25) is 0 Å². The summed E-state index contributed by atoms with van der Waals surface area (Å²) in [6, 6.07) is 25.8. The minimum atomic E-state index is -0.410. The van der Waals surface area contributed by atoms with Crippen molar-refractivity contribution in [1.82, 2.24) is 0 Å². The Morgan fingerprint density at radius 2 is 1.43 bits per heavy atom. The quantitative estimate of drug-likeness (QED) is 0.398. The lowest BCUT2D eigenvalue weighted by Gasteiger charge is -2.29. The number of ketones is 2. The van der Waals surface area contributed by atoms with Crippen LogP contribution in [0.15, 0.2) is 91.0 Å². The fourth-order valence-corrected chi connectivity index (χ4v) is 4.72. The van der Waals surface area contributed by atoms with E-state index < -0.39 is 5.91 Å².